The number of anilines is 1. The summed E-state index contributed by atoms with van der Waals surface area (Å²) in [5.74, 6) is 0.349. The Morgan fingerprint density at radius 1 is 1.35 bits per heavy atom. The third kappa shape index (κ3) is 2.31. The molecule has 0 radical (unpaired) electrons. The number of aryl methyl sites for hydroxylation is 1. The first-order chi connectivity index (χ1) is 8.09. The van der Waals surface area contributed by atoms with E-state index < -0.39 is 0 Å². The summed E-state index contributed by atoms with van der Waals surface area (Å²) >= 11 is 5.79. The second-order valence-electron chi connectivity index (χ2n) is 3.64. The first-order valence-electron chi connectivity index (χ1n) is 5.04. The van der Waals surface area contributed by atoms with Gasteiger partial charge in [-0.25, -0.2) is 0 Å². The quantitative estimate of drug-likeness (QED) is 0.823. The van der Waals surface area contributed by atoms with Crippen molar-refractivity contribution in [3.8, 4) is 0 Å². The summed E-state index contributed by atoms with van der Waals surface area (Å²) in [6.07, 6.45) is 1.42. The lowest BCUT2D eigenvalue weighted by molar-refractivity contribution is 0.0991. The Morgan fingerprint density at radius 3 is 2.53 bits per heavy atom. The molecule has 1 aromatic carbocycles. The average Bonchev–Trinajstić information content (AvgIpc) is 2.74. The Labute approximate surface area is 104 Å². The standard InChI is InChI=1S/C12H11ClN2O2/c1-8-11(7-14-17-8)12(16)15(2)10-5-3-9(13)4-6-10/h3-7H,1-2H3. The van der Waals surface area contributed by atoms with Crippen LogP contribution in [-0.2, 0) is 0 Å². The molecule has 88 valence electrons. The summed E-state index contributed by atoms with van der Waals surface area (Å²) < 4.78 is 4.87. The lowest BCUT2D eigenvalue weighted by Crippen LogP contribution is -2.26. The van der Waals surface area contributed by atoms with E-state index in [0.29, 0.717) is 16.3 Å². The summed E-state index contributed by atoms with van der Waals surface area (Å²) in [6.45, 7) is 1.70. The molecule has 0 spiro atoms. The van der Waals surface area contributed by atoms with E-state index >= 15 is 0 Å². The van der Waals surface area contributed by atoms with Crippen LogP contribution in [0.4, 0.5) is 5.69 Å². The number of rotatable bonds is 2. The molecule has 0 aliphatic rings. The molecular weight excluding hydrogens is 240 g/mol. The summed E-state index contributed by atoms with van der Waals surface area (Å²) in [5, 5.41) is 4.22. The lowest BCUT2D eigenvalue weighted by atomic mass is 10.2. The van der Waals surface area contributed by atoms with Crippen LogP contribution in [0.1, 0.15) is 16.1 Å². The van der Waals surface area contributed by atoms with Crippen LogP contribution in [0.25, 0.3) is 0 Å². The van der Waals surface area contributed by atoms with Gasteiger partial charge in [0.05, 0.1) is 6.20 Å². The fourth-order valence-corrected chi connectivity index (χ4v) is 1.59. The molecule has 2 rings (SSSR count). The number of halogens is 1. The maximum atomic E-state index is 12.1. The van der Waals surface area contributed by atoms with Crippen LogP contribution in [0, 0.1) is 6.92 Å². The number of benzene rings is 1. The van der Waals surface area contributed by atoms with Gasteiger partial charge in [0.1, 0.15) is 11.3 Å². The van der Waals surface area contributed by atoms with E-state index in [1.807, 2.05) is 0 Å². The Hall–Kier alpha value is -1.81. The zero-order chi connectivity index (χ0) is 12.4. The third-order valence-corrected chi connectivity index (χ3v) is 2.75. The molecule has 2 aromatic rings. The molecule has 0 saturated carbocycles. The lowest BCUT2D eigenvalue weighted by Gasteiger charge is -2.16. The van der Waals surface area contributed by atoms with Gasteiger partial charge in [0, 0.05) is 17.8 Å². The summed E-state index contributed by atoms with van der Waals surface area (Å²) in [6, 6.07) is 7.04. The predicted octanol–water partition coefficient (Wildman–Crippen LogP) is 2.91. The largest absolute Gasteiger partial charge is 0.361 e. The predicted molar refractivity (Wildman–Crippen MR) is 65.4 cm³/mol. The van der Waals surface area contributed by atoms with Crippen LogP contribution in [0.15, 0.2) is 35.0 Å². The SMILES string of the molecule is Cc1oncc1C(=O)N(C)c1ccc(Cl)cc1. The van der Waals surface area contributed by atoms with Crippen molar-refractivity contribution >= 4 is 23.2 Å². The van der Waals surface area contributed by atoms with Gasteiger partial charge >= 0.3 is 0 Å². The first-order valence-corrected chi connectivity index (χ1v) is 5.42. The molecule has 4 nitrogen and oxygen atoms in total. The van der Waals surface area contributed by atoms with Gasteiger partial charge in [-0.15, -0.1) is 0 Å². The second kappa shape index (κ2) is 4.59. The van der Waals surface area contributed by atoms with Gasteiger partial charge in [0.2, 0.25) is 0 Å². The number of carbonyl (C=O) groups is 1. The Bertz CT molecular complexity index is 534. The second-order valence-corrected chi connectivity index (χ2v) is 4.07. The molecule has 1 amide bonds. The molecular formula is C12H11ClN2O2. The third-order valence-electron chi connectivity index (χ3n) is 2.50. The van der Waals surface area contributed by atoms with E-state index in [1.54, 1.807) is 38.2 Å². The van der Waals surface area contributed by atoms with Crippen molar-refractivity contribution in [2.45, 2.75) is 6.92 Å². The zero-order valence-electron chi connectivity index (χ0n) is 9.48. The highest BCUT2D eigenvalue weighted by molar-refractivity contribution is 6.30. The molecule has 0 fully saturated rings. The monoisotopic (exact) mass is 250 g/mol. The van der Waals surface area contributed by atoms with Crippen molar-refractivity contribution in [2.24, 2.45) is 0 Å². The molecule has 0 bridgehead atoms. The zero-order valence-corrected chi connectivity index (χ0v) is 10.2. The van der Waals surface area contributed by atoms with E-state index in [-0.39, 0.29) is 5.91 Å². The van der Waals surface area contributed by atoms with Crippen molar-refractivity contribution in [2.75, 3.05) is 11.9 Å². The first kappa shape index (κ1) is 11.7. The number of aromatic nitrogens is 1. The summed E-state index contributed by atoms with van der Waals surface area (Å²) in [7, 11) is 1.69. The molecule has 0 aliphatic heterocycles. The Kier molecular flexibility index (Phi) is 3.15. The van der Waals surface area contributed by atoms with E-state index in [0.717, 1.165) is 5.69 Å². The minimum absolute atomic E-state index is 0.161. The van der Waals surface area contributed by atoms with Crippen LogP contribution < -0.4 is 4.90 Å². The van der Waals surface area contributed by atoms with Crippen molar-refractivity contribution < 1.29 is 9.32 Å². The number of amides is 1. The average molecular weight is 251 g/mol. The van der Waals surface area contributed by atoms with Crippen LogP contribution >= 0.6 is 11.6 Å². The van der Waals surface area contributed by atoms with Gasteiger partial charge in [-0.1, -0.05) is 16.8 Å². The van der Waals surface area contributed by atoms with Crippen LogP contribution in [-0.4, -0.2) is 18.1 Å². The number of hydrogen-bond donors (Lipinski definition) is 0. The van der Waals surface area contributed by atoms with Gasteiger partial charge < -0.3 is 9.42 Å². The van der Waals surface area contributed by atoms with Gasteiger partial charge in [-0.3, -0.25) is 4.79 Å². The van der Waals surface area contributed by atoms with Gasteiger partial charge in [-0.2, -0.15) is 0 Å². The maximum Gasteiger partial charge on any atom is 0.263 e. The molecule has 17 heavy (non-hydrogen) atoms. The van der Waals surface area contributed by atoms with Crippen LogP contribution in [0.3, 0.4) is 0 Å². The number of hydrogen-bond acceptors (Lipinski definition) is 3. The highest BCUT2D eigenvalue weighted by Crippen LogP contribution is 2.19. The van der Waals surface area contributed by atoms with E-state index in [4.69, 9.17) is 16.1 Å². The molecule has 1 aromatic heterocycles. The highest BCUT2D eigenvalue weighted by Gasteiger charge is 2.18. The fraction of sp³-hybridized carbons (Fsp3) is 0.167. The van der Waals surface area contributed by atoms with Crippen molar-refractivity contribution in [1.82, 2.24) is 5.16 Å². The molecule has 0 atom stereocenters. The van der Waals surface area contributed by atoms with Crippen LogP contribution in [0.5, 0.6) is 0 Å². The highest BCUT2D eigenvalue weighted by atomic mass is 35.5. The smallest absolute Gasteiger partial charge is 0.263 e. The molecule has 0 unspecified atom stereocenters. The summed E-state index contributed by atoms with van der Waals surface area (Å²) in [5.41, 5.74) is 1.22. The minimum Gasteiger partial charge on any atom is -0.361 e. The normalized spacial score (nSPS) is 10.3. The number of carbonyl (C=O) groups excluding carboxylic acids is 1. The maximum absolute atomic E-state index is 12.1. The fourth-order valence-electron chi connectivity index (χ4n) is 1.47. The topological polar surface area (TPSA) is 46.3 Å². The van der Waals surface area contributed by atoms with Crippen molar-refractivity contribution in [1.29, 1.82) is 0 Å². The van der Waals surface area contributed by atoms with E-state index in [2.05, 4.69) is 5.16 Å². The molecule has 5 heteroatoms. The Balaban J connectivity index is 2.26. The van der Waals surface area contributed by atoms with Crippen molar-refractivity contribution in [3.63, 3.8) is 0 Å². The molecule has 0 aliphatic carbocycles. The molecule has 0 N–H and O–H groups in total. The van der Waals surface area contributed by atoms with Gasteiger partial charge in [0.25, 0.3) is 5.91 Å². The van der Waals surface area contributed by atoms with E-state index in [9.17, 15) is 4.79 Å². The van der Waals surface area contributed by atoms with Gasteiger partial charge in [0.15, 0.2) is 0 Å². The number of nitrogens with zero attached hydrogens (tertiary/aromatic N) is 2. The minimum atomic E-state index is -0.161. The molecule has 1 heterocycles. The van der Waals surface area contributed by atoms with Gasteiger partial charge in [-0.05, 0) is 31.2 Å². The van der Waals surface area contributed by atoms with Crippen LogP contribution in [0.2, 0.25) is 5.02 Å². The Morgan fingerprint density at radius 2 is 2.00 bits per heavy atom. The molecule has 0 saturated heterocycles. The van der Waals surface area contributed by atoms with Crippen molar-refractivity contribution in [3.05, 3.63) is 46.8 Å². The summed E-state index contributed by atoms with van der Waals surface area (Å²) in [4.78, 5) is 13.6. The van der Waals surface area contributed by atoms with E-state index in [1.165, 1.54) is 11.1 Å².